The van der Waals surface area contributed by atoms with Gasteiger partial charge in [-0.3, -0.25) is 0 Å². The first kappa shape index (κ1) is 13.2. The molecule has 5 nitrogen and oxygen atoms in total. The topological polar surface area (TPSA) is 71.7 Å². The summed E-state index contributed by atoms with van der Waals surface area (Å²) in [6.45, 7) is 0.903. The molecule has 5 heteroatoms. The Morgan fingerprint density at radius 3 is 2.68 bits per heavy atom. The van der Waals surface area contributed by atoms with Gasteiger partial charge in [0.1, 0.15) is 11.3 Å². The SMILES string of the molecule is COCc1ccc(NCc2occc2C(=O)O)cc1. The number of aromatic carboxylic acids is 1. The zero-order chi connectivity index (χ0) is 13.7. The van der Waals surface area contributed by atoms with Crippen molar-refractivity contribution in [2.45, 2.75) is 13.2 Å². The summed E-state index contributed by atoms with van der Waals surface area (Å²) in [5.41, 5.74) is 2.16. The lowest BCUT2D eigenvalue weighted by atomic mass is 10.2. The van der Waals surface area contributed by atoms with Crippen LogP contribution in [0.3, 0.4) is 0 Å². The van der Waals surface area contributed by atoms with E-state index in [-0.39, 0.29) is 5.56 Å². The van der Waals surface area contributed by atoms with Gasteiger partial charge in [0.15, 0.2) is 0 Å². The van der Waals surface area contributed by atoms with Crippen LogP contribution in [0.5, 0.6) is 0 Å². The number of carbonyl (C=O) groups is 1. The Bertz CT molecular complexity index is 545. The van der Waals surface area contributed by atoms with E-state index in [4.69, 9.17) is 14.3 Å². The predicted octanol–water partition coefficient (Wildman–Crippen LogP) is 2.74. The number of hydrogen-bond donors (Lipinski definition) is 2. The lowest BCUT2D eigenvalue weighted by Gasteiger charge is -2.06. The molecule has 2 aromatic rings. The van der Waals surface area contributed by atoms with E-state index in [1.165, 1.54) is 12.3 Å². The minimum absolute atomic E-state index is 0.184. The van der Waals surface area contributed by atoms with Crippen molar-refractivity contribution in [1.29, 1.82) is 0 Å². The van der Waals surface area contributed by atoms with Gasteiger partial charge < -0.3 is 19.6 Å². The molecule has 0 atom stereocenters. The second-order valence-electron chi connectivity index (χ2n) is 4.05. The van der Waals surface area contributed by atoms with Crippen molar-refractivity contribution in [3.63, 3.8) is 0 Å². The standard InChI is InChI=1S/C14H15NO4/c1-18-9-10-2-4-11(5-3-10)15-8-13-12(14(16)17)6-7-19-13/h2-7,15H,8-9H2,1H3,(H,16,17). The van der Waals surface area contributed by atoms with Crippen LogP contribution < -0.4 is 5.32 Å². The van der Waals surface area contributed by atoms with E-state index in [9.17, 15) is 4.79 Å². The third kappa shape index (κ3) is 3.35. The number of nitrogens with one attached hydrogen (secondary N) is 1. The molecule has 0 spiro atoms. The molecule has 0 amide bonds. The predicted molar refractivity (Wildman–Crippen MR) is 70.1 cm³/mol. The Kier molecular flexibility index (Phi) is 4.20. The molecule has 1 aromatic heterocycles. The highest BCUT2D eigenvalue weighted by Crippen LogP contribution is 2.15. The van der Waals surface area contributed by atoms with Crippen LogP contribution in [0.15, 0.2) is 41.0 Å². The van der Waals surface area contributed by atoms with Crippen LogP contribution in [0.25, 0.3) is 0 Å². The van der Waals surface area contributed by atoms with Crippen LogP contribution >= 0.6 is 0 Å². The number of rotatable bonds is 6. The van der Waals surface area contributed by atoms with Crippen LogP contribution in [0, 0.1) is 0 Å². The van der Waals surface area contributed by atoms with Crippen molar-refractivity contribution < 1.29 is 19.1 Å². The van der Waals surface area contributed by atoms with E-state index in [0.29, 0.717) is 18.9 Å². The molecule has 0 unspecified atom stereocenters. The summed E-state index contributed by atoms with van der Waals surface area (Å²) in [5.74, 6) is -0.575. The number of carboxylic acids is 1. The summed E-state index contributed by atoms with van der Waals surface area (Å²) < 4.78 is 10.2. The minimum Gasteiger partial charge on any atom is -0.478 e. The molecule has 19 heavy (non-hydrogen) atoms. The molecule has 0 aliphatic rings. The van der Waals surface area contributed by atoms with Gasteiger partial charge in [-0.2, -0.15) is 0 Å². The van der Waals surface area contributed by atoms with Gasteiger partial charge in [-0.25, -0.2) is 4.79 Å². The molecule has 0 radical (unpaired) electrons. The highest BCUT2D eigenvalue weighted by molar-refractivity contribution is 5.88. The Hall–Kier alpha value is -2.27. The fourth-order valence-corrected chi connectivity index (χ4v) is 1.74. The number of methoxy groups -OCH3 is 1. The molecular weight excluding hydrogens is 246 g/mol. The van der Waals surface area contributed by atoms with Crippen molar-refractivity contribution in [3.05, 3.63) is 53.5 Å². The van der Waals surface area contributed by atoms with Crippen molar-refractivity contribution in [2.24, 2.45) is 0 Å². The van der Waals surface area contributed by atoms with E-state index >= 15 is 0 Å². The van der Waals surface area contributed by atoms with Crippen LogP contribution in [0.1, 0.15) is 21.7 Å². The number of anilines is 1. The zero-order valence-corrected chi connectivity index (χ0v) is 10.6. The van der Waals surface area contributed by atoms with Crippen LogP contribution in [0.2, 0.25) is 0 Å². The lowest BCUT2D eigenvalue weighted by molar-refractivity contribution is 0.0694. The fourth-order valence-electron chi connectivity index (χ4n) is 1.74. The second kappa shape index (κ2) is 6.06. The number of furan rings is 1. The van der Waals surface area contributed by atoms with E-state index < -0.39 is 5.97 Å². The lowest BCUT2D eigenvalue weighted by Crippen LogP contribution is -2.04. The molecule has 0 saturated heterocycles. The first-order valence-electron chi connectivity index (χ1n) is 5.82. The Balaban J connectivity index is 1.98. The molecule has 2 N–H and O–H groups in total. The summed E-state index contributed by atoms with van der Waals surface area (Å²) in [5, 5.41) is 12.1. The molecule has 100 valence electrons. The van der Waals surface area contributed by atoms with Crippen LogP contribution in [0.4, 0.5) is 5.69 Å². The monoisotopic (exact) mass is 261 g/mol. The molecular formula is C14H15NO4. The van der Waals surface area contributed by atoms with Gasteiger partial charge in [-0.05, 0) is 23.8 Å². The van der Waals surface area contributed by atoms with Gasteiger partial charge in [0.05, 0.1) is 19.4 Å². The number of benzene rings is 1. The van der Waals surface area contributed by atoms with Crippen LogP contribution in [-0.4, -0.2) is 18.2 Å². The normalized spacial score (nSPS) is 10.4. The fraction of sp³-hybridized carbons (Fsp3) is 0.214. The molecule has 1 heterocycles. The van der Waals surface area contributed by atoms with Gasteiger partial charge >= 0.3 is 5.97 Å². The van der Waals surface area contributed by atoms with E-state index in [1.54, 1.807) is 7.11 Å². The van der Waals surface area contributed by atoms with Crippen LogP contribution in [-0.2, 0) is 17.9 Å². The quantitative estimate of drug-likeness (QED) is 0.836. The van der Waals surface area contributed by atoms with E-state index in [2.05, 4.69) is 5.32 Å². The van der Waals surface area contributed by atoms with Gasteiger partial charge in [-0.1, -0.05) is 12.1 Å². The largest absolute Gasteiger partial charge is 0.478 e. The van der Waals surface area contributed by atoms with Gasteiger partial charge in [0, 0.05) is 12.8 Å². The Morgan fingerprint density at radius 2 is 2.05 bits per heavy atom. The molecule has 0 bridgehead atoms. The van der Waals surface area contributed by atoms with Crippen molar-refractivity contribution >= 4 is 11.7 Å². The molecule has 1 aromatic carbocycles. The van der Waals surface area contributed by atoms with Gasteiger partial charge in [0.25, 0.3) is 0 Å². The Labute approximate surface area is 110 Å². The molecule has 0 saturated carbocycles. The van der Waals surface area contributed by atoms with Gasteiger partial charge in [0.2, 0.25) is 0 Å². The Morgan fingerprint density at radius 1 is 1.32 bits per heavy atom. The summed E-state index contributed by atoms with van der Waals surface area (Å²) >= 11 is 0. The maximum Gasteiger partial charge on any atom is 0.339 e. The highest BCUT2D eigenvalue weighted by atomic mass is 16.5. The van der Waals surface area contributed by atoms with E-state index in [0.717, 1.165) is 11.3 Å². The number of ether oxygens (including phenoxy) is 1. The smallest absolute Gasteiger partial charge is 0.339 e. The molecule has 2 rings (SSSR count). The zero-order valence-electron chi connectivity index (χ0n) is 10.6. The molecule has 0 fully saturated rings. The van der Waals surface area contributed by atoms with Crippen molar-refractivity contribution in [3.8, 4) is 0 Å². The van der Waals surface area contributed by atoms with E-state index in [1.807, 2.05) is 24.3 Å². The summed E-state index contributed by atoms with van der Waals surface area (Å²) in [4.78, 5) is 10.9. The first-order chi connectivity index (χ1) is 9.20. The third-order valence-corrected chi connectivity index (χ3v) is 2.69. The van der Waals surface area contributed by atoms with Gasteiger partial charge in [-0.15, -0.1) is 0 Å². The number of hydrogen-bond acceptors (Lipinski definition) is 4. The minimum atomic E-state index is -0.985. The molecule has 0 aliphatic carbocycles. The maximum absolute atomic E-state index is 10.9. The van der Waals surface area contributed by atoms with Crippen molar-refractivity contribution in [1.82, 2.24) is 0 Å². The average Bonchev–Trinajstić information content (AvgIpc) is 2.87. The highest BCUT2D eigenvalue weighted by Gasteiger charge is 2.12. The van der Waals surface area contributed by atoms with Crippen molar-refractivity contribution in [2.75, 3.05) is 12.4 Å². The third-order valence-electron chi connectivity index (χ3n) is 2.69. The molecule has 0 aliphatic heterocycles. The maximum atomic E-state index is 10.9. The summed E-state index contributed by atoms with van der Waals surface area (Å²) in [6.07, 6.45) is 1.38. The summed E-state index contributed by atoms with van der Waals surface area (Å²) in [6, 6.07) is 9.18. The average molecular weight is 261 g/mol. The number of carboxylic acid groups (broad SMARTS) is 1. The first-order valence-corrected chi connectivity index (χ1v) is 5.82. The summed E-state index contributed by atoms with van der Waals surface area (Å²) in [7, 11) is 1.65. The second-order valence-corrected chi connectivity index (χ2v) is 4.05.